The van der Waals surface area contributed by atoms with Gasteiger partial charge in [-0.2, -0.15) is 0 Å². The summed E-state index contributed by atoms with van der Waals surface area (Å²) in [6, 6.07) is 12.2. The van der Waals surface area contributed by atoms with Gasteiger partial charge in [-0.15, -0.1) is 0 Å². The molecule has 0 spiro atoms. The lowest BCUT2D eigenvalue weighted by Gasteiger charge is -2.25. The molecular formula is C27H25BrN2O5S. The normalized spacial score (nSPS) is 15.2. The van der Waals surface area contributed by atoms with Crippen LogP contribution in [0.1, 0.15) is 31.0 Å². The first-order valence-corrected chi connectivity index (χ1v) is 12.9. The van der Waals surface area contributed by atoms with E-state index in [0.29, 0.717) is 44.3 Å². The molecule has 1 atom stereocenters. The van der Waals surface area contributed by atoms with Gasteiger partial charge in [0.05, 0.1) is 34.0 Å². The molecule has 186 valence electrons. The molecule has 7 nitrogen and oxygen atoms in total. The molecule has 0 radical (unpaired) electrons. The second-order valence-corrected chi connectivity index (χ2v) is 9.70. The summed E-state index contributed by atoms with van der Waals surface area (Å²) in [5.74, 6) is 0.731. The van der Waals surface area contributed by atoms with Gasteiger partial charge in [0.2, 0.25) is 0 Å². The van der Waals surface area contributed by atoms with E-state index in [-0.39, 0.29) is 12.2 Å². The van der Waals surface area contributed by atoms with Crippen molar-refractivity contribution < 1.29 is 19.0 Å². The number of hydrogen-bond donors (Lipinski definition) is 0. The van der Waals surface area contributed by atoms with E-state index < -0.39 is 12.0 Å². The number of esters is 1. The lowest BCUT2D eigenvalue weighted by molar-refractivity contribution is -0.139. The molecule has 4 rings (SSSR count). The van der Waals surface area contributed by atoms with Crippen molar-refractivity contribution in [1.29, 1.82) is 0 Å². The van der Waals surface area contributed by atoms with Gasteiger partial charge >= 0.3 is 5.97 Å². The molecule has 0 fully saturated rings. The minimum Gasteiger partial charge on any atom is -0.496 e. The Labute approximate surface area is 220 Å². The van der Waals surface area contributed by atoms with Crippen molar-refractivity contribution in [3.63, 3.8) is 0 Å². The molecule has 0 saturated carbocycles. The Hall–Kier alpha value is -3.43. The van der Waals surface area contributed by atoms with Crippen molar-refractivity contribution in [3.8, 4) is 11.5 Å². The monoisotopic (exact) mass is 568 g/mol. The third-order valence-corrected chi connectivity index (χ3v) is 7.16. The first-order chi connectivity index (χ1) is 17.4. The van der Waals surface area contributed by atoms with E-state index in [0.717, 1.165) is 10.0 Å². The van der Waals surface area contributed by atoms with Crippen LogP contribution in [0.2, 0.25) is 0 Å². The lowest BCUT2D eigenvalue weighted by atomic mass is 9.95. The zero-order valence-corrected chi connectivity index (χ0v) is 22.5. The number of aromatic nitrogens is 1. The van der Waals surface area contributed by atoms with Crippen LogP contribution in [-0.2, 0) is 9.53 Å². The maximum Gasteiger partial charge on any atom is 0.338 e. The molecule has 2 heterocycles. The summed E-state index contributed by atoms with van der Waals surface area (Å²) >= 11 is 4.78. The standard InChI is InChI=1S/C27H25BrN2O5S/c1-5-13-35-21-12-11-17(14-19(21)28)15-22-25(31)30-24(18-9-7-8-10-20(18)33-4)23(26(32)34-6-2)16(3)29-27(30)36-22/h5,7-12,14-15,24H,1,6,13H2,2-4H3/b22-15+/t24-/m1/s1. The van der Waals surface area contributed by atoms with Gasteiger partial charge in [-0.1, -0.05) is 48.3 Å². The van der Waals surface area contributed by atoms with E-state index in [4.69, 9.17) is 14.2 Å². The summed E-state index contributed by atoms with van der Waals surface area (Å²) in [6.07, 6.45) is 3.47. The number of para-hydroxylation sites is 1. The van der Waals surface area contributed by atoms with Gasteiger partial charge in [-0.3, -0.25) is 9.36 Å². The van der Waals surface area contributed by atoms with Crippen molar-refractivity contribution in [2.75, 3.05) is 20.3 Å². The Morgan fingerprint density at radius 1 is 1.25 bits per heavy atom. The predicted molar refractivity (Wildman–Crippen MR) is 143 cm³/mol. The molecule has 0 bridgehead atoms. The van der Waals surface area contributed by atoms with Crippen LogP contribution in [-0.4, -0.2) is 30.9 Å². The molecule has 36 heavy (non-hydrogen) atoms. The van der Waals surface area contributed by atoms with Gasteiger partial charge in [-0.05, 0) is 59.6 Å². The minimum atomic E-state index is -0.736. The summed E-state index contributed by atoms with van der Waals surface area (Å²) in [7, 11) is 1.56. The molecule has 0 unspecified atom stereocenters. The fraction of sp³-hybridized carbons (Fsp3) is 0.222. The van der Waals surface area contributed by atoms with Crippen LogP contribution >= 0.6 is 27.3 Å². The van der Waals surface area contributed by atoms with Gasteiger partial charge in [-0.25, -0.2) is 9.79 Å². The fourth-order valence-corrected chi connectivity index (χ4v) is 5.56. The number of halogens is 1. The Morgan fingerprint density at radius 3 is 2.72 bits per heavy atom. The van der Waals surface area contributed by atoms with Gasteiger partial charge in [0.15, 0.2) is 4.80 Å². The van der Waals surface area contributed by atoms with Gasteiger partial charge in [0.1, 0.15) is 24.1 Å². The molecule has 0 amide bonds. The van der Waals surface area contributed by atoms with E-state index in [2.05, 4.69) is 27.5 Å². The Morgan fingerprint density at radius 2 is 2.03 bits per heavy atom. The number of nitrogens with zero attached hydrogens (tertiary/aromatic N) is 2. The molecule has 0 saturated heterocycles. The number of rotatable bonds is 8. The van der Waals surface area contributed by atoms with Crippen LogP contribution < -0.4 is 24.4 Å². The van der Waals surface area contributed by atoms with Crippen molar-refractivity contribution in [1.82, 2.24) is 4.57 Å². The number of allylic oxidation sites excluding steroid dienone is 1. The summed E-state index contributed by atoms with van der Waals surface area (Å²) in [5.41, 5.74) is 2.05. The van der Waals surface area contributed by atoms with Crippen LogP contribution in [0.15, 0.2) is 80.6 Å². The topological polar surface area (TPSA) is 79.1 Å². The second-order valence-electron chi connectivity index (χ2n) is 7.83. The van der Waals surface area contributed by atoms with E-state index in [9.17, 15) is 9.59 Å². The average molecular weight is 569 g/mol. The molecule has 0 N–H and O–H groups in total. The maximum absolute atomic E-state index is 13.7. The van der Waals surface area contributed by atoms with Crippen LogP contribution in [0, 0.1) is 0 Å². The molecule has 1 aliphatic rings. The zero-order chi connectivity index (χ0) is 25.8. The number of fused-ring (bicyclic) bond motifs is 1. The van der Waals surface area contributed by atoms with Crippen LogP contribution in [0.5, 0.6) is 11.5 Å². The van der Waals surface area contributed by atoms with Gasteiger partial charge in [0, 0.05) is 5.56 Å². The molecular weight excluding hydrogens is 544 g/mol. The first kappa shape index (κ1) is 25.7. The molecule has 0 aliphatic carbocycles. The van der Waals surface area contributed by atoms with Crippen LogP contribution in [0.25, 0.3) is 6.08 Å². The number of hydrogen-bond acceptors (Lipinski definition) is 7. The van der Waals surface area contributed by atoms with E-state index in [1.807, 2.05) is 36.4 Å². The van der Waals surface area contributed by atoms with E-state index >= 15 is 0 Å². The first-order valence-electron chi connectivity index (χ1n) is 11.2. The summed E-state index contributed by atoms with van der Waals surface area (Å²) in [6.45, 7) is 7.76. The Balaban J connectivity index is 1.90. The van der Waals surface area contributed by atoms with Crippen LogP contribution in [0.4, 0.5) is 0 Å². The number of ether oxygens (including phenoxy) is 3. The summed E-state index contributed by atoms with van der Waals surface area (Å²) in [4.78, 5) is 31.9. The number of benzene rings is 2. The summed E-state index contributed by atoms with van der Waals surface area (Å²) < 4.78 is 19.3. The van der Waals surface area contributed by atoms with Crippen molar-refractivity contribution in [2.24, 2.45) is 4.99 Å². The summed E-state index contributed by atoms with van der Waals surface area (Å²) in [5, 5.41) is 0. The van der Waals surface area contributed by atoms with Crippen molar-refractivity contribution >= 4 is 39.3 Å². The maximum atomic E-state index is 13.7. The third-order valence-electron chi connectivity index (χ3n) is 5.56. The fourth-order valence-electron chi connectivity index (χ4n) is 4.00. The minimum absolute atomic E-state index is 0.208. The number of thiazole rings is 1. The van der Waals surface area contributed by atoms with E-state index in [1.54, 1.807) is 43.7 Å². The number of methoxy groups -OCH3 is 1. The van der Waals surface area contributed by atoms with Gasteiger partial charge in [0.25, 0.3) is 5.56 Å². The zero-order valence-electron chi connectivity index (χ0n) is 20.1. The number of carbonyl (C=O) groups excluding carboxylic acids is 1. The Kier molecular flexibility index (Phi) is 7.91. The molecule has 3 aromatic rings. The third kappa shape index (κ3) is 4.94. The smallest absolute Gasteiger partial charge is 0.338 e. The molecule has 9 heteroatoms. The SMILES string of the molecule is C=CCOc1ccc(/C=c2/sc3n(c2=O)[C@H](c2ccccc2OC)C(C(=O)OCC)=C(C)N=3)cc1Br. The Bertz CT molecular complexity index is 1540. The highest BCUT2D eigenvalue weighted by atomic mass is 79.9. The largest absolute Gasteiger partial charge is 0.496 e. The second kappa shape index (κ2) is 11.1. The predicted octanol–water partition coefficient (Wildman–Crippen LogP) is 4.13. The van der Waals surface area contributed by atoms with Crippen LogP contribution in [0.3, 0.4) is 0 Å². The number of carbonyl (C=O) groups is 1. The molecule has 2 aromatic carbocycles. The highest BCUT2D eigenvalue weighted by Crippen LogP contribution is 2.35. The highest BCUT2D eigenvalue weighted by molar-refractivity contribution is 9.10. The van der Waals surface area contributed by atoms with Gasteiger partial charge < -0.3 is 14.2 Å². The van der Waals surface area contributed by atoms with Crippen molar-refractivity contribution in [3.05, 3.63) is 102 Å². The van der Waals surface area contributed by atoms with Crippen molar-refractivity contribution in [2.45, 2.75) is 19.9 Å². The average Bonchev–Trinajstić information content (AvgIpc) is 3.17. The quantitative estimate of drug-likeness (QED) is 0.301. The molecule has 1 aromatic heterocycles. The van der Waals surface area contributed by atoms with E-state index in [1.165, 1.54) is 11.3 Å². The molecule has 1 aliphatic heterocycles. The lowest BCUT2D eigenvalue weighted by Crippen LogP contribution is -2.40. The highest BCUT2D eigenvalue weighted by Gasteiger charge is 2.34.